The van der Waals surface area contributed by atoms with Crippen LogP contribution in [-0.4, -0.2) is 48.4 Å². The maximum absolute atomic E-state index is 12.6. The molecule has 0 radical (unpaired) electrons. The van der Waals surface area contributed by atoms with E-state index in [1.54, 1.807) is 11.9 Å². The highest BCUT2D eigenvalue weighted by Gasteiger charge is 2.18. The van der Waals surface area contributed by atoms with Gasteiger partial charge in [-0.05, 0) is 30.3 Å². The van der Waals surface area contributed by atoms with E-state index in [1.807, 2.05) is 37.3 Å². The molecule has 0 aliphatic heterocycles. The summed E-state index contributed by atoms with van der Waals surface area (Å²) in [5.74, 6) is 0.526. The van der Waals surface area contributed by atoms with Crippen LogP contribution in [-0.2, 0) is 18.5 Å². The molecule has 0 spiro atoms. The highest BCUT2D eigenvalue weighted by atomic mass is 16.2. The number of H-pyrrole nitrogens is 1. The molecule has 148 valence electrons. The lowest BCUT2D eigenvalue weighted by molar-refractivity contribution is 0.220. The van der Waals surface area contributed by atoms with Crippen LogP contribution in [0.5, 0.6) is 0 Å². The normalized spacial score (nSPS) is 11.5. The lowest BCUT2D eigenvalue weighted by Gasteiger charge is -2.17. The van der Waals surface area contributed by atoms with Crippen molar-refractivity contribution in [3.05, 3.63) is 41.7 Å². The number of hydrogen-bond donors (Lipinski definition) is 2. The van der Waals surface area contributed by atoms with Gasteiger partial charge in [-0.2, -0.15) is 9.90 Å². The molecule has 0 fully saturated rings. The molecule has 0 saturated carbocycles. The SMILES string of the molecule is CCn1nnc(-c2cccc(NC(=O)N(C)Cc3cc(C(C)(C)C)n[nH]3)c2)n1. The minimum absolute atomic E-state index is 0.0380. The van der Waals surface area contributed by atoms with Crippen molar-refractivity contribution in [1.82, 2.24) is 35.3 Å². The zero-order valence-corrected chi connectivity index (χ0v) is 16.9. The summed E-state index contributed by atoms with van der Waals surface area (Å²) in [6.45, 7) is 9.33. The highest BCUT2D eigenvalue weighted by molar-refractivity contribution is 5.89. The molecule has 2 aromatic heterocycles. The van der Waals surface area contributed by atoms with Gasteiger partial charge in [-0.25, -0.2) is 4.79 Å². The number of urea groups is 1. The third kappa shape index (κ3) is 4.54. The predicted molar refractivity (Wildman–Crippen MR) is 107 cm³/mol. The Labute approximate surface area is 164 Å². The van der Waals surface area contributed by atoms with Crippen molar-refractivity contribution in [3.8, 4) is 11.4 Å². The summed E-state index contributed by atoms with van der Waals surface area (Å²) in [4.78, 5) is 15.7. The molecule has 2 N–H and O–H groups in total. The van der Waals surface area contributed by atoms with E-state index < -0.39 is 0 Å². The van der Waals surface area contributed by atoms with E-state index in [-0.39, 0.29) is 11.4 Å². The summed E-state index contributed by atoms with van der Waals surface area (Å²) in [5, 5.41) is 22.5. The van der Waals surface area contributed by atoms with Crippen LogP contribution in [0.1, 0.15) is 39.1 Å². The Morgan fingerprint density at radius 3 is 2.71 bits per heavy atom. The maximum atomic E-state index is 12.6. The van der Waals surface area contributed by atoms with Gasteiger partial charge in [0, 0.05) is 23.7 Å². The number of amides is 2. The molecule has 2 heterocycles. The average molecular weight is 382 g/mol. The van der Waals surface area contributed by atoms with E-state index in [9.17, 15) is 4.79 Å². The third-order valence-corrected chi connectivity index (χ3v) is 4.26. The molecule has 0 unspecified atom stereocenters. The van der Waals surface area contributed by atoms with Crippen LogP contribution in [0, 0.1) is 0 Å². The van der Waals surface area contributed by atoms with Crippen LogP contribution >= 0.6 is 0 Å². The molecular formula is C19H26N8O. The molecule has 28 heavy (non-hydrogen) atoms. The van der Waals surface area contributed by atoms with E-state index in [1.165, 1.54) is 4.80 Å². The largest absolute Gasteiger partial charge is 0.322 e. The van der Waals surface area contributed by atoms with Crippen molar-refractivity contribution in [2.75, 3.05) is 12.4 Å². The van der Waals surface area contributed by atoms with Gasteiger partial charge in [0.1, 0.15) is 0 Å². The molecule has 0 saturated heterocycles. The summed E-state index contributed by atoms with van der Waals surface area (Å²) < 4.78 is 0. The molecule has 0 atom stereocenters. The lowest BCUT2D eigenvalue weighted by atomic mass is 9.92. The monoisotopic (exact) mass is 382 g/mol. The summed E-state index contributed by atoms with van der Waals surface area (Å²) in [6.07, 6.45) is 0. The minimum atomic E-state index is -0.214. The summed E-state index contributed by atoms with van der Waals surface area (Å²) in [7, 11) is 1.74. The Hall–Kier alpha value is -3.23. The quantitative estimate of drug-likeness (QED) is 0.706. The van der Waals surface area contributed by atoms with Crippen molar-refractivity contribution < 1.29 is 4.79 Å². The molecule has 0 aliphatic rings. The number of hydrogen-bond acceptors (Lipinski definition) is 5. The zero-order chi connectivity index (χ0) is 20.3. The Morgan fingerprint density at radius 1 is 1.29 bits per heavy atom. The number of anilines is 1. The van der Waals surface area contributed by atoms with Crippen LogP contribution in [0.2, 0.25) is 0 Å². The van der Waals surface area contributed by atoms with Gasteiger partial charge in [-0.1, -0.05) is 32.9 Å². The summed E-state index contributed by atoms with van der Waals surface area (Å²) in [5.41, 5.74) is 3.28. The maximum Gasteiger partial charge on any atom is 0.321 e. The molecule has 2 amide bonds. The standard InChI is InChI=1S/C19H26N8O/c1-6-27-24-17(23-25-27)13-8-7-9-14(10-13)20-18(28)26(5)12-15-11-16(22-21-15)19(2,3)4/h7-11H,6,12H2,1-5H3,(H,20,28)(H,21,22). The number of nitrogens with zero attached hydrogens (tertiary/aromatic N) is 6. The van der Waals surface area contributed by atoms with Crippen molar-refractivity contribution in [1.29, 1.82) is 0 Å². The second kappa shape index (κ2) is 7.79. The van der Waals surface area contributed by atoms with Gasteiger partial charge in [-0.15, -0.1) is 10.2 Å². The Bertz CT molecular complexity index is 953. The first-order valence-electron chi connectivity index (χ1n) is 9.21. The van der Waals surface area contributed by atoms with Crippen molar-refractivity contribution in [2.24, 2.45) is 0 Å². The fourth-order valence-corrected chi connectivity index (χ4v) is 2.60. The van der Waals surface area contributed by atoms with Gasteiger partial charge < -0.3 is 10.2 Å². The van der Waals surface area contributed by atoms with Crippen molar-refractivity contribution in [3.63, 3.8) is 0 Å². The number of aromatic amines is 1. The molecule has 0 aliphatic carbocycles. The van der Waals surface area contributed by atoms with E-state index >= 15 is 0 Å². The zero-order valence-electron chi connectivity index (χ0n) is 16.9. The van der Waals surface area contributed by atoms with Gasteiger partial charge in [0.25, 0.3) is 0 Å². The van der Waals surface area contributed by atoms with Crippen molar-refractivity contribution in [2.45, 2.75) is 46.2 Å². The topological polar surface area (TPSA) is 105 Å². The van der Waals surface area contributed by atoms with E-state index in [0.29, 0.717) is 24.6 Å². The Balaban J connectivity index is 1.65. The Kier molecular flexibility index (Phi) is 5.43. The van der Waals surface area contributed by atoms with Gasteiger partial charge in [0.15, 0.2) is 0 Å². The summed E-state index contributed by atoms with van der Waals surface area (Å²) in [6, 6.07) is 9.17. The molecule has 3 rings (SSSR count). The second-order valence-corrected chi connectivity index (χ2v) is 7.70. The summed E-state index contributed by atoms with van der Waals surface area (Å²) >= 11 is 0. The molecule has 0 bridgehead atoms. The number of benzene rings is 1. The molecule has 3 aromatic rings. The smallest absolute Gasteiger partial charge is 0.321 e. The number of carbonyl (C=O) groups is 1. The first-order valence-corrected chi connectivity index (χ1v) is 9.21. The number of aromatic nitrogens is 6. The number of carbonyl (C=O) groups excluding carboxylic acids is 1. The van der Waals surface area contributed by atoms with Gasteiger partial charge in [0.05, 0.1) is 24.5 Å². The highest BCUT2D eigenvalue weighted by Crippen LogP contribution is 2.21. The van der Waals surface area contributed by atoms with Crippen LogP contribution in [0.25, 0.3) is 11.4 Å². The van der Waals surface area contributed by atoms with E-state index in [4.69, 9.17) is 0 Å². The molecule has 9 nitrogen and oxygen atoms in total. The van der Waals surface area contributed by atoms with Crippen LogP contribution in [0.3, 0.4) is 0 Å². The predicted octanol–water partition coefficient (Wildman–Crippen LogP) is 3.04. The second-order valence-electron chi connectivity index (χ2n) is 7.70. The van der Waals surface area contributed by atoms with Gasteiger partial charge >= 0.3 is 6.03 Å². The Morgan fingerprint density at radius 2 is 2.07 bits per heavy atom. The first kappa shape index (κ1) is 19.5. The number of aryl methyl sites for hydroxylation is 1. The first-order chi connectivity index (χ1) is 13.3. The van der Waals surface area contributed by atoms with E-state index in [0.717, 1.165) is 17.0 Å². The lowest BCUT2D eigenvalue weighted by Crippen LogP contribution is -2.31. The third-order valence-electron chi connectivity index (χ3n) is 4.26. The van der Waals surface area contributed by atoms with Crippen LogP contribution in [0.4, 0.5) is 10.5 Å². The van der Waals surface area contributed by atoms with Gasteiger partial charge in [-0.3, -0.25) is 5.10 Å². The fourth-order valence-electron chi connectivity index (χ4n) is 2.60. The molecule has 9 heteroatoms. The number of tetrazole rings is 1. The number of rotatable bonds is 5. The number of nitrogens with one attached hydrogen (secondary N) is 2. The van der Waals surface area contributed by atoms with Crippen LogP contribution in [0.15, 0.2) is 30.3 Å². The van der Waals surface area contributed by atoms with E-state index in [2.05, 4.69) is 51.7 Å². The molecular weight excluding hydrogens is 356 g/mol. The fraction of sp³-hybridized carbons (Fsp3) is 0.421. The molecule has 1 aromatic carbocycles. The minimum Gasteiger partial charge on any atom is -0.322 e. The van der Waals surface area contributed by atoms with Crippen LogP contribution < -0.4 is 5.32 Å². The van der Waals surface area contributed by atoms with Crippen molar-refractivity contribution >= 4 is 11.7 Å². The average Bonchev–Trinajstić information content (AvgIpc) is 3.31. The van der Waals surface area contributed by atoms with Gasteiger partial charge in [0.2, 0.25) is 5.82 Å².